The summed E-state index contributed by atoms with van der Waals surface area (Å²) in [4.78, 5) is 50.2. The van der Waals surface area contributed by atoms with Gasteiger partial charge in [0.2, 0.25) is 5.91 Å². The quantitative estimate of drug-likeness (QED) is 0.611. The molecule has 0 saturated heterocycles. The van der Waals surface area contributed by atoms with Gasteiger partial charge in [0.05, 0.1) is 5.69 Å². The fourth-order valence-corrected chi connectivity index (χ4v) is 3.16. The van der Waals surface area contributed by atoms with Crippen molar-refractivity contribution in [2.45, 2.75) is 59.1 Å². The van der Waals surface area contributed by atoms with E-state index in [0.29, 0.717) is 36.3 Å². The number of nitrogens with one attached hydrogen (secondary N) is 1. The summed E-state index contributed by atoms with van der Waals surface area (Å²) in [5.74, 6) is -2.06. The van der Waals surface area contributed by atoms with Gasteiger partial charge in [0.1, 0.15) is 18.3 Å². The standard InChI is InChI=1S/C21H28N2O6/c1-5-7-16(24)14-8-9-17-15(10-14)23(20(26)13(4)29-17)11-18(25)22-19(21(27)28)12(3)6-2/h8-10,12-13,19H,5-7,11H2,1-4H3,(H,22,25)(H,27,28). The molecule has 0 bridgehead atoms. The molecule has 8 nitrogen and oxygen atoms in total. The number of carbonyl (C=O) groups excluding carboxylic acids is 3. The lowest BCUT2D eigenvalue weighted by molar-refractivity contribution is -0.143. The maximum absolute atomic E-state index is 12.7. The number of carbonyl (C=O) groups is 4. The van der Waals surface area contributed by atoms with Crippen LogP contribution in [-0.2, 0) is 14.4 Å². The first-order valence-corrected chi connectivity index (χ1v) is 9.87. The first-order chi connectivity index (χ1) is 13.7. The monoisotopic (exact) mass is 404 g/mol. The van der Waals surface area contributed by atoms with Crippen molar-refractivity contribution in [3.63, 3.8) is 0 Å². The second kappa shape index (κ2) is 9.54. The first kappa shape index (κ1) is 22.4. The van der Waals surface area contributed by atoms with Gasteiger partial charge < -0.3 is 15.2 Å². The van der Waals surface area contributed by atoms with Crippen LogP contribution in [0.15, 0.2) is 18.2 Å². The minimum absolute atomic E-state index is 0.0616. The molecule has 1 aliphatic rings. The molecule has 2 N–H and O–H groups in total. The Morgan fingerprint density at radius 2 is 1.97 bits per heavy atom. The lowest BCUT2D eigenvalue weighted by atomic mass is 9.99. The number of hydrogen-bond acceptors (Lipinski definition) is 5. The molecule has 1 aliphatic heterocycles. The zero-order chi connectivity index (χ0) is 21.7. The topological polar surface area (TPSA) is 113 Å². The van der Waals surface area contributed by atoms with E-state index in [0.717, 1.165) is 0 Å². The normalized spacial score (nSPS) is 17.7. The van der Waals surface area contributed by atoms with Crippen LogP contribution in [0, 0.1) is 5.92 Å². The molecule has 2 amide bonds. The van der Waals surface area contributed by atoms with Gasteiger partial charge in [0, 0.05) is 12.0 Å². The largest absolute Gasteiger partial charge is 0.480 e. The van der Waals surface area contributed by atoms with Gasteiger partial charge in [0.25, 0.3) is 5.91 Å². The van der Waals surface area contributed by atoms with E-state index in [1.165, 1.54) is 4.90 Å². The molecule has 0 spiro atoms. The Kier molecular flexibility index (Phi) is 7.36. The predicted molar refractivity (Wildman–Crippen MR) is 107 cm³/mol. The molecule has 0 aliphatic carbocycles. The molecule has 1 heterocycles. The van der Waals surface area contributed by atoms with Crippen molar-refractivity contribution in [1.82, 2.24) is 5.32 Å². The maximum atomic E-state index is 12.7. The summed E-state index contributed by atoms with van der Waals surface area (Å²) in [5.41, 5.74) is 0.769. The average Bonchev–Trinajstić information content (AvgIpc) is 2.68. The van der Waals surface area contributed by atoms with Crippen LogP contribution >= 0.6 is 0 Å². The number of carboxylic acid groups (broad SMARTS) is 1. The van der Waals surface area contributed by atoms with E-state index in [1.54, 1.807) is 32.0 Å². The Morgan fingerprint density at radius 3 is 2.55 bits per heavy atom. The molecule has 2 rings (SSSR count). The van der Waals surface area contributed by atoms with Gasteiger partial charge in [-0.3, -0.25) is 19.3 Å². The molecule has 1 aromatic rings. The van der Waals surface area contributed by atoms with Crippen LogP contribution in [0.1, 0.15) is 57.3 Å². The van der Waals surface area contributed by atoms with Crippen LogP contribution in [-0.4, -0.2) is 47.4 Å². The summed E-state index contributed by atoms with van der Waals surface area (Å²) in [6, 6.07) is 3.76. The van der Waals surface area contributed by atoms with Gasteiger partial charge in [-0.25, -0.2) is 4.79 Å². The molecule has 29 heavy (non-hydrogen) atoms. The van der Waals surface area contributed by atoms with Crippen LogP contribution in [0.5, 0.6) is 5.75 Å². The molecule has 3 unspecified atom stereocenters. The number of fused-ring (bicyclic) bond motifs is 1. The second-order valence-electron chi connectivity index (χ2n) is 7.31. The van der Waals surface area contributed by atoms with Gasteiger partial charge in [-0.1, -0.05) is 27.2 Å². The number of amides is 2. The number of benzene rings is 1. The zero-order valence-electron chi connectivity index (χ0n) is 17.2. The number of anilines is 1. The smallest absolute Gasteiger partial charge is 0.326 e. The minimum Gasteiger partial charge on any atom is -0.480 e. The summed E-state index contributed by atoms with van der Waals surface area (Å²) in [5, 5.41) is 11.9. The van der Waals surface area contributed by atoms with Crippen LogP contribution in [0.2, 0.25) is 0 Å². The van der Waals surface area contributed by atoms with Crippen molar-refractivity contribution in [2.75, 3.05) is 11.4 Å². The van der Waals surface area contributed by atoms with Crippen molar-refractivity contribution in [2.24, 2.45) is 5.92 Å². The molecule has 1 aromatic carbocycles. The number of hydrogen-bond donors (Lipinski definition) is 2. The summed E-state index contributed by atoms with van der Waals surface area (Å²) in [7, 11) is 0. The number of rotatable bonds is 9. The number of Topliss-reactive ketones (excluding diaryl/α,β-unsaturated/α-hetero) is 1. The van der Waals surface area contributed by atoms with E-state index in [-0.39, 0.29) is 18.2 Å². The Morgan fingerprint density at radius 1 is 1.28 bits per heavy atom. The molecule has 0 fully saturated rings. The van der Waals surface area contributed by atoms with E-state index in [4.69, 9.17) is 4.74 Å². The lowest BCUT2D eigenvalue weighted by Crippen LogP contribution is -2.52. The zero-order valence-corrected chi connectivity index (χ0v) is 17.2. The average molecular weight is 404 g/mol. The van der Waals surface area contributed by atoms with Gasteiger partial charge in [-0.2, -0.15) is 0 Å². The SMILES string of the molecule is CCCC(=O)c1ccc2c(c1)N(CC(=O)NC(C(=O)O)C(C)CC)C(=O)C(C)O2. The molecule has 0 saturated carbocycles. The summed E-state index contributed by atoms with van der Waals surface area (Å²) < 4.78 is 5.60. The van der Waals surface area contributed by atoms with Crippen molar-refractivity contribution in [3.05, 3.63) is 23.8 Å². The first-order valence-electron chi connectivity index (χ1n) is 9.87. The van der Waals surface area contributed by atoms with Crippen LogP contribution in [0.3, 0.4) is 0 Å². The van der Waals surface area contributed by atoms with Crippen molar-refractivity contribution in [3.8, 4) is 5.75 Å². The maximum Gasteiger partial charge on any atom is 0.326 e. The Labute approximate surface area is 170 Å². The van der Waals surface area contributed by atoms with E-state index in [1.807, 2.05) is 13.8 Å². The van der Waals surface area contributed by atoms with Crippen molar-refractivity contribution in [1.29, 1.82) is 0 Å². The molecule has 3 atom stereocenters. The second-order valence-corrected chi connectivity index (χ2v) is 7.31. The van der Waals surface area contributed by atoms with Gasteiger partial charge in [-0.15, -0.1) is 0 Å². The summed E-state index contributed by atoms with van der Waals surface area (Å²) in [6.45, 7) is 6.70. The third kappa shape index (κ3) is 5.13. The number of carboxylic acids is 1. The lowest BCUT2D eigenvalue weighted by Gasteiger charge is -2.33. The van der Waals surface area contributed by atoms with Crippen LogP contribution in [0.4, 0.5) is 5.69 Å². The third-order valence-electron chi connectivity index (χ3n) is 5.06. The van der Waals surface area contributed by atoms with E-state index >= 15 is 0 Å². The fraction of sp³-hybridized carbons (Fsp3) is 0.524. The van der Waals surface area contributed by atoms with Crippen LogP contribution in [0.25, 0.3) is 0 Å². The number of ketones is 1. The Bertz CT molecular complexity index is 806. The molecular weight excluding hydrogens is 376 g/mol. The minimum atomic E-state index is -1.12. The fourth-order valence-electron chi connectivity index (χ4n) is 3.16. The molecular formula is C21H28N2O6. The summed E-state index contributed by atoms with van der Waals surface area (Å²) in [6.07, 6.45) is 0.856. The Hall–Kier alpha value is -2.90. The highest BCUT2D eigenvalue weighted by Gasteiger charge is 2.34. The van der Waals surface area contributed by atoms with E-state index in [2.05, 4.69) is 5.32 Å². The molecule has 0 aromatic heterocycles. The van der Waals surface area contributed by atoms with Gasteiger partial charge in [0.15, 0.2) is 11.9 Å². The number of ether oxygens (including phenoxy) is 1. The van der Waals surface area contributed by atoms with Crippen LogP contribution < -0.4 is 15.0 Å². The number of aliphatic carboxylic acids is 1. The Balaban J connectivity index is 2.28. The molecule has 158 valence electrons. The third-order valence-corrected chi connectivity index (χ3v) is 5.06. The highest BCUT2D eigenvalue weighted by atomic mass is 16.5. The molecule has 8 heteroatoms. The van der Waals surface area contributed by atoms with Gasteiger partial charge >= 0.3 is 5.97 Å². The van der Waals surface area contributed by atoms with Crippen molar-refractivity contribution < 1.29 is 29.0 Å². The van der Waals surface area contributed by atoms with E-state index < -0.39 is 29.9 Å². The van der Waals surface area contributed by atoms with Crippen molar-refractivity contribution >= 4 is 29.3 Å². The predicted octanol–water partition coefficient (Wildman–Crippen LogP) is 2.40. The summed E-state index contributed by atoms with van der Waals surface area (Å²) >= 11 is 0. The highest BCUT2D eigenvalue weighted by Crippen LogP contribution is 2.35. The van der Waals surface area contributed by atoms with Gasteiger partial charge in [-0.05, 0) is 37.5 Å². The molecule has 0 radical (unpaired) electrons. The number of nitrogens with zero attached hydrogens (tertiary/aromatic N) is 1. The van der Waals surface area contributed by atoms with E-state index in [9.17, 15) is 24.3 Å². The highest BCUT2D eigenvalue weighted by molar-refractivity contribution is 6.05.